The van der Waals surface area contributed by atoms with Crippen molar-refractivity contribution in [3.05, 3.63) is 41.0 Å². The Balaban J connectivity index is 1.97. The Labute approximate surface area is 127 Å². The maximum absolute atomic E-state index is 12.1. The van der Waals surface area contributed by atoms with E-state index in [2.05, 4.69) is 15.5 Å². The van der Waals surface area contributed by atoms with E-state index in [0.29, 0.717) is 10.8 Å². The van der Waals surface area contributed by atoms with Gasteiger partial charge in [-0.25, -0.2) is 0 Å². The number of H-pyrrole nitrogens is 1. The Morgan fingerprint density at radius 1 is 1.45 bits per heavy atom. The maximum atomic E-state index is 12.1. The molecular weight excluding hydrogens is 294 g/mol. The van der Waals surface area contributed by atoms with Gasteiger partial charge >= 0.3 is 0 Å². The fourth-order valence-electron chi connectivity index (χ4n) is 1.68. The molecule has 20 heavy (non-hydrogen) atoms. The van der Waals surface area contributed by atoms with Gasteiger partial charge in [-0.15, -0.1) is 11.8 Å². The molecule has 6 heteroatoms. The zero-order chi connectivity index (χ0) is 14.5. The number of nitrogens with one attached hydrogen (secondary N) is 2. The summed E-state index contributed by atoms with van der Waals surface area (Å²) in [5.41, 5.74) is 1.00. The summed E-state index contributed by atoms with van der Waals surface area (Å²) in [7, 11) is 0. The quantitative estimate of drug-likeness (QED) is 0.827. The molecule has 1 heterocycles. The lowest BCUT2D eigenvalue weighted by atomic mass is 10.2. The largest absolute Gasteiger partial charge is 0.310 e. The van der Waals surface area contributed by atoms with Crippen molar-refractivity contribution in [3.63, 3.8) is 0 Å². The number of nitrogens with zero attached hydrogens (tertiary/aromatic N) is 1. The molecule has 1 aromatic heterocycles. The van der Waals surface area contributed by atoms with Gasteiger partial charge in [0, 0.05) is 15.5 Å². The Hall–Kier alpha value is -1.46. The third kappa shape index (κ3) is 3.77. The van der Waals surface area contributed by atoms with E-state index in [0.717, 1.165) is 16.9 Å². The molecule has 106 valence electrons. The van der Waals surface area contributed by atoms with Gasteiger partial charge in [0.05, 0.1) is 11.4 Å². The number of amides is 1. The molecule has 2 aromatic rings. The summed E-state index contributed by atoms with van der Waals surface area (Å²) >= 11 is 7.33. The number of aromatic nitrogens is 2. The summed E-state index contributed by atoms with van der Waals surface area (Å²) in [6, 6.07) is 7.45. The number of rotatable bonds is 5. The van der Waals surface area contributed by atoms with Crippen LogP contribution in [0.2, 0.25) is 5.02 Å². The number of aryl methyl sites for hydroxylation is 1. The van der Waals surface area contributed by atoms with E-state index < -0.39 is 0 Å². The van der Waals surface area contributed by atoms with Crippen molar-refractivity contribution in [2.45, 2.75) is 30.4 Å². The number of aromatic amines is 1. The molecule has 1 unspecified atom stereocenters. The number of anilines is 1. The summed E-state index contributed by atoms with van der Waals surface area (Å²) in [5.74, 6) is 0.630. The number of hydrogen-bond donors (Lipinski definition) is 2. The van der Waals surface area contributed by atoms with Gasteiger partial charge in [-0.3, -0.25) is 9.89 Å². The van der Waals surface area contributed by atoms with Crippen LogP contribution in [0.25, 0.3) is 0 Å². The third-order valence-corrected chi connectivity index (χ3v) is 4.21. The standard InChI is InChI=1S/C14H16ClN3OS/c1-3-10-8-16-18-13(10)17-14(19)9(2)20-12-6-4-11(15)5-7-12/h4-9H,3H2,1-2H3,(H2,16,17,18,19). The highest BCUT2D eigenvalue weighted by molar-refractivity contribution is 8.00. The molecule has 0 aliphatic heterocycles. The second kappa shape index (κ2) is 6.81. The van der Waals surface area contributed by atoms with Crippen LogP contribution in [0.1, 0.15) is 19.4 Å². The first-order chi connectivity index (χ1) is 9.60. The van der Waals surface area contributed by atoms with Crippen molar-refractivity contribution in [2.75, 3.05) is 5.32 Å². The van der Waals surface area contributed by atoms with Crippen molar-refractivity contribution in [2.24, 2.45) is 0 Å². The van der Waals surface area contributed by atoms with Crippen LogP contribution < -0.4 is 5.32 Å². The first-order valence-electron chi connectivity index (χ1n) is 6.35. The monoisotopic (exact) mass is 309 g/mol. The summed E-state index contributed by atoms with van der Waals surface area (Å²) in [6.45, 7) is 3.89. The number of halogens is 1. The lowest BCUT2D eigenvalue weighted by Gasteiger charge is -2.11. The fraction of sp³-hybridized carbons (Fsp3) is 0.286. The van der Waals surface area contributed by atoms with E-state index >= 15 is 0 Å². The smallest absolute Gasteiger partial charge is 0.238 e. The predicted octanol–water partition coefficient (Wildman–Crippen LogP) is 3.74. The van der Waals surface area contributed by atoms with Crippen LogP contribution in [0.4, 0.5) is 5.82 Å². The van der Waals surface area contributed by atoms with Gasteiger partial charge in [0.2, 0.25) is 5.91 Å². The molecule has 1 aromatic carbocycles. The third-order valence-electron chi connectivity index (χ3n) is 2.84. The zero-order valence-corrected chi connectivity index (χ0v) is 12.9. The Kier molecular flexibility index (Phi) is 5.09. The van der Waals surface area contributed by atoms with E-state index in [1.54, 1.807) is 6.20 Å². The second-order valence-electron chi connectivity index (χ2n) is 4.33. The van der Waals surface area contributed by atoms with Crippen molar-refractivity contribution >= 4 is 35.1 Å². The highest BCUT2D eigenvalue weighted by atomic mass is 35.5. The van der Waals surface area contributed by atoms with Crippen LogP contribution in [0.5, 0.6) is 0 Å². The minimum absolute atomic E-state index is 0.0519. The lowest BCUT2D eigenvalue weighted by molar-refractivity contribution is -0.115. The minimum Gasteiger partial charge on any atom is -0.310 e. The zero-order valence-electron chi connectivity index (χ0n) is 11.3. The van der Waals surface area contributed by atoms with E-state index in [4.69, 9.17) is 11.6 Å². The van der Waals surface area contributed by atoms with Gasteiger partial charge in [-0.1, -0.05) is 18.5 Å². The molecule has 0 radical (unpaired) electrons. The highest BCUT2D eigenvalue weighted by Gasteiger charge is 2.16. The van der Waals surface area contributed by atoms with E-state index in [9.17, 15) is 4.79 Å². The van der Waals surface area contributed by atoms with E-state index in [1.165, 1.54) is 11.8 Å². The lowest BCUT2D eigenvalue weighted by Crippen LogP contribution is -2.23. The van der Waals surface area contributed by atoms with Crippen LogP contribution in [0.15, 0.2) is 35.4 Å². The first kappa shape index (κ1) is 14.9. The summed E-state index contributed by atoms with van der Waals surface area (Å²) in [5, 5.41) is 10.1. The molecule has 0 saturated carbocycles. The number of benzene rings is 1. The molecule has 0 aliphatic carbocycles. The average Bonchev–Trinajstić information content (AvgIpc) is 2.88. The van der Waals surface area contributed by atoms with Gasteiger partial charge in [0.15, 0.2) is 0 Å². The molecule has 1 amide bonds. The van der Waals surface area contributed by atoms with Crippen molar-refractivity contribution < 1.29 is 4.79 Å². The average molecular weight is 310 g/mol. The van der Waals surface area contributed by atoms with Gasteiger partial charge in [0.1, 0.15) is 5.82 Å². The van der Waals surface area contributed by atoms with Crippen molar-refractivity contribution in [3.8, 4) is 0 Å². The molecule has 2 rings (SSSR count). The molecule has 0 bridgehead atoms. The second-order valence-corrected chi connectivity index (χ2v) is 6.18. The Bertz CT molecular complexity index is 582. The van der Waals surface area contributed by atoms with Crippen LogP contribution in [-0.2, 0) is 11.2 Å². The molecule has 0 saturated heterocycles. The van der Waals surface area contributed by atoms with Gasteiger partial charge in [-0.2, -0.15) is 5.10 Å². The van der Waals surface area contributed by atoms with Crippen LogP contribution >= 0.6 is 23.4 Å². The SMILES string of the molecule is CCc1cn[nH]c1NC(=O)C(C)Sc1ccc(Cl)cc1. The topological polar surface area (TPSA) is 57.8 Å². The minimum atomic E-state index is -0.204. The molecule has 1 atom stereocenters. The van der Waals surface area contributed by atoms with Crippen LogP contribution in [0.3, 0.4) is 0 Å². The number of hydrogen-bond acceptors (Lipinski definition) is 3. The number of carbonyl (C=O) groups excluding carboxylic acids is 1. The predicted molar refractivity (Wildman–Crippen MR) is 83.4 cm³/mol. The fourth-order valence-corrected chi connectivity index (χ4v) is 2.68. The van der Waals surface area contributed by atoms with Crippen LogP contribution in [0, 0.1) is 0 Å². The summed E-state index contributed by atoms with van der Waals surface area (Å²) in [4.78, 5) is 13.2. The highest BCUT2D eigenvalue weighted by Crippen LogP contribution is 2.25. The molecule has 2 N–H and O–H groups in total. The summed E-state index contributed by atoms with van der Waals surface area (Å²) < 4.78 is 0. The summed E-state index contributed by atoms with van der Waals surface area (Å²) in [6.07, 6.45) is 2.55. The van der Waals surface area contributed by atoms with Gasteiger partial charge in [0.25, 0.3) is 0 Å². The number of carbonyl (C=O) groups is 1. The molecule has 0 fully saturated rings. The molecule has 0 aliphatic rings. The van der Waals surface area contributed by atoms with Crippen LogP contribution in [-0.4, -0.2) is 21.4 Å². The Morgan fingerprint density at radius 2 is 2.15 bits per heavy atom. The van der Waals surface area contributed by atoms with E-state index in [1.807, 2.05) is 38.1 Å². The maximum Gasteiger partial charge on any atom is 0.238 e. The van der Waals surface area contributed by atoms with Crippen molar-refractivity contribution in [1.82, 2.24) is 10.2 Å². The molecule has 0 spiro atoms. The van der Waals surface area contributed by atoms with Gasteiger partial charge < -0.3 is 5.32 Å². The van der Waals surface area contributed by atoms with E-state index in [-0.39, 0.29) is 11.2 Å². The first-order valence-corrected chi connectivity index (χ1v) is 7.61. The van der Waals surface area contributed by atoms with Crippen molar-refractivity contribution in [1.29, 1.82) is 0 Å². The van der Waals surface area contributed by atoms with Gasteiger partial charge in [-0.05, 0) is 37.6 Å². The molecule has 4 nitrogen and oxygen atoms in total. The number of thioether (sulfide) groups is 1. The normalized spacial score (nSPS) is 12.2. The Morgan fingerprint density at radius 3 is 2.80 bits per heavy atom. The molecular formula is C14H16ClN3OS.